The number of hydrogen-bond acceptors (Lipinski definition) is 3. The fourth-order valence-electron chi connectivity index (χ4n) is 1.90. The Morgan fingerprint density at radius 2 is 2.11 bits per heavy atom. The van der Waals surface area contributed by atoms with Gasteiger partial charge in [0.1, 0.15) is 6.61 Å². The second-order valence-corrected chi connectivity index (χ2v) is 4.63. The molecule has 0 unspecified atom stereocenters. The first-order valence-electron chi connectivity index (χ1n) is 6.38. The highest BCUT2D eigenvalue weighted by atomic mass is 16.5. The van der Waals surface area contributed by atoms with E-state index in [9.17, 15) is 9.59 Å². The minimum atomic E-state index is -0.272. The molecule has 0 fully saturated rings. The van der Waals surface area contributed by atoms with Crippen molar-refractivity contribution in [3.05, 3.63) is 45.7 Å². The number of H-pyrrole nitrogens is 1. The Bertz CT molecular complexity index is 658. The molecule has 4 heteroatoms. The zero-order valence-electron chi connectivity index (χ0n) is 11.2. The molecule has 1 N–H and O–H groups in total. The Kier molecular flexibility index (Phi) is 4.00. The molecule has 0 bridgehead atoms. The number of aryl methyl sites for hydroxylation is 1. The number of ether oxygens (including phenoxy) is 1. The zero-order valence-corrected chi connectivity index (χ0v) is 11.2. The van der Waals surface area contributed by atoms with Crippen molar-refractivity contribution in [1.29, 1.82) is 0 Å². The van der Waals surface area contributed by atoms with Crippen LogP contribution in [-0.4, -0.2) is 11.0 Å². The zero-order chi connectivity index (χ0) is 13.8. The van der Waals surface area contributed by atoms with E-state index in [4.69, 9.17) is 4.74 Å². The number of aromatic amines is 1. The van der Waals surface area contributed by atoms with Crippen LogP contribution in [0, 0.1) is 6.92 Å². The largest absolute Gasteiger partial charge is 0.461 e. The molecule has 2 rings (SSSR count). The summed E-state index contributed by atoms with van der Waals surface area (Å²) in [5, 5.41) is 0.937. The summed E-state index contributed by atoms with van der Waals surface area (Å²) in [5.74, 6) is -0.272. The lowest BCUT2D eigenvalue weighted by atomic mass is 10.1. The number of rotatable bonds is 4. The lowest BCUT2D eigenvalue weighted by molar-refractivity contribution is -0.145. The van der Waals surface area contributed by atoms with Crippen molar-refractivity contribution in [2.24, 2.45) is 0 Å². The first-order chi connectivity index (χ1) is 9.10. The van der Waals surface area contributed by atoms with Crippen LogP contribution >= 0.6 is 0 Å². The third-order valence-electron chi connectivity index (χ3n) is 2.92. The summed E-state index contributed by atoms with van der Waals surface area (Å²) < 4.78 is 5.06. The average molecular weight is 259 g/mol. The fraction of sp³-hybridized carbons (Fsp3) is 0.333. The van der Waals surface area contributed by atoms with Gasteiger partial charge in [-0.3, -0.25) is 9.59 Å². The second-order valence-electron chi connectivity index (χ2n) is 4.63. The minimum Gasteiger partial charge on any atom is -0.461 e. The smallest absolute Gasteiger partial charge is 0.306 e. The first-order valence-corrected chi connectivity index (χ1v) is 6.38. The molecular formula is C15H17NO3. The summed E-state index contributed by atoms with van der Waals surface area (Å²) >= 11 is 0. The summed E-state index contributed by atoms with van der Waals surface area (Å²) in [5.41, 5.74) is 2.15. The van der Waals surface area contributed by atoms with Crippen LogP contribution in [0.4, 0.5) is 0 Å². The number of aromatic nitrogens is 1. The van der Waals surface area contributed by atoms with Crippen molar-refractivity contribution in [3.8, 4) is 0 Å². The molecule has 2 aromatic rings. The molecule has 0 amide bonds. The van der Waals surface area contributed by atoms with Crippen molar-refractivity contribution >= 4 is 16.9 Å². The van der Waals surface area contributed by atoms with Gasteiger partial charge in [0.15, 0.2) is 0 Å². The molecule has 0 spiro atoms. The van der Waals surface area contributed by atoms with Gasteiger partial charge in [0.05, 0.1) is 5.56 Å². The highest BCUT2D eigenvalue weighted by Gasteiger charge is 2.06. The molecular weight excluding hydrogens is 242 g/mol. The molecule has 100 valence electrons. The summed E-state index contributed by atoms with van der Waals surface area (Å²) in [7, 11) is 0. The van der Waals surface area contributed by atoms with Gasteiger partial charge in [-0.1, -0.05) is 19.1 Å². The van der Waals surface area contributed by atoms with Crippen LogP contribution in [0.25, 0.3) is 10.9 Å². The van der Waals surface area contributed by atoms with E-state index in [0.29, 0.717) is 12.0 Å². The van der Waals surface area contributed by atoms with Gasteiger partial charge in [0.2, 0.25) is 0 Å². The molecule has 0 aliphatic carbocycles. The molecule has 0 aliphatic heterocycles. The van der Waals surface area contributed by atoms with Gasteiger partial charge in [-0.05, 0) is 36.4 Å². The first kappa shape index (κ1) is 13.3. The van der Waals surface area contributed by atoms with Gasteiger partial charge < -0.3 is 9.72 Å². The number of pyridine rings is 1. The maximum absolute atomic E-state index is 11.9. The lowest BCUT2D eigenvalue weighted by Gasteiger charge is -2.05. The van der Waals surface area contributed by atoms with E-state index < -0.39 is 0 Å². The van der Waals surface area contributed by atoms with Crippen LogP contribution in [0.1, 0.15) is 30.9 Å². The van der Waals surface area contributed by atoms with Crippen LogP contribution in [0.2, 0.25) is 0 Å². The Hall–Kier alpha value is -2.10. The number of nitrogens with one attached hydrogen (secondary N) is 1. The lowest BCUT2D eigenvalue weighted by Crippen LogP contribution is -2.15. The summed E-state index contributed by atoms with van der Waals surface area (Å²) in [6.07, 6.45) is 1.12. The third-order valence-corrected chi connectivity index (χ3v) is 2.92. The Balaban J connectivity index is 2.24. The maximum Gasteiger partial charge on any atom is 0.306 e. The molecule has 1 heterocycles. The molecule has 4 nitrogen and oxygen atoms in total. The predicted octanol–water partition coefficient (Wildman–Crippen LogP) is 2.68. The summed E-state index contributed by atoms with van der Waals surface area (Å²) in [6.45, 7) is 3.91. The normalized spacial score (nSPS) is 10.6. The average Bonchev–Trinajstić information content (AvgIpc) is 2.36. The van der Waals surface area contributed by atoms with E-state index in [1.807, 2.05) is 32.0 Å². The number of esters is 1. The van der Waals surface area contributed by atoms with Crippen molar-refractivity contribution < 1.29 is 9.53 Å². The molecule has 19 heavy (non-hydrogen) atoms. The van der Waals surface area contributed by atoms with E-state index in [1.54, 1.807) is 6.07 Å². The van der Waals surface area contributed by atoms with Crippen LogP contribution in [0.5, 0.6) is 0 Å². The Morgan fingerprint density at radius 3 is 2.84 bits per heavy atom. The maximum atomic E-state index is 11.9. The van der Waals surface area contributed by atoms with Crippen LogP contribution in [-0.2, 0) is 16.1 Å². The monoisotopic (exact) mass is 259 g/mol. The van der Waals surface area contributed by atoms with Crippen molar-refractivity contribution in [3.63, 3.8) is 0 Å². The van der Waals surface area contributed by atoms with Gasteiger partial charge >= 0.3 is 5.97 Å². The number of hydrogen-bond donors (Lipinski definition) is 1. The van der Waals surface area contributed by atoms with Crippen LogP contribution < -0.4 is 5.56 Å². The van der Waals surface area contributed by atoms with E-state index >= 15 is 0 Å². The number of carbonyl (C=O) groups is 1. The van der Waals surface area contributed by atoms with E-state index in [2.05, 4.69) is 4.98 Å². The second kappa shape index (κ2) is 5.69. The van der Waals surface area contributed by atoms with Gasteiger partial charge in [0.25, 0.3) is 5.56 Å². The van der Waals surface area contributed by atoms with E-state index in [1.165, 1.54) is 0 Å². The standard InChI is InChI=1S/C15H17NO3/c1-3-4-14(17)19-9-12-8-11-6-5-10(2)7-13(11)16-15(12)18/h5-8H,3-4,9H2,1-2H3,(H,16,18). The van der Waals surface area contributed by atoms with Gasteiger partial charge in [-0.2, -0.15) is 0 Å². The van der Waals surface area contributed by atoms with Gasteiger partial charge in [-0.25, -0.2) is 0 Å². The highest BCUT2D eigenvalue weighted by Crippen LogP contribution is 2.13. The number of benzene rings is 1. The quantitative estimate of drug-likeness (QED) is 0.859. The van der Waals surface area contributed by atoms with Crippen molar-refractivity contribution in [2.45, 2.75) is 33.3 Å². The van der Waals surface area contributed by atoms with Crippen LogP contribution in [0.3, 0.4) is 0 Å². The third kappa shape index (κ3) is 3.22. The number of fused-ring (bicyclic) bond motifs is 1. The minimum absolute atomic E-state index is 0.0258. The predicted molar refractivity (Wildman–Crippen MR) is 74.0 cm³/mol. The topological polar surface area (TPSA) is 59.2 Å². The number of carbonyl (C=O) groups excluding carboxylic acids is 1. The van der Waals surface area contributed by atoms with E-state index in [-0.39, 0.29) is 18.1 Å². The van der Waals surface area contributed by atoms with Gasteiger partial charge in [-0.15, -0.1) is 0 Å². The molecule has 0 saturated carbocycles. The molecule has 0 aliphatic rings. The summed E-state index contributed by atoms with van der Waals surface area (Å²) in [6, 6.07) is 7.61. The molecule has 0 radical (unpaired) electrons. The molecule has 1 aromatic heterocycles. The highest BCUT2D eigenvalue weighted by molar-refractivity contribution is 5.79. The summed E-state index contributed by atoms with van der Waals surface area (Å²) in [4.78, 5) is 26.0. The molecule has 0 atom stereocenters. The van der Waals surface area contributed by atoms with Crippen molar-refractivity contribution in [1.82, 2.24) is 4.98 Å². The Labute approximate surface area is 111 Å². The fourth-order valence-corrected chi connectivity index (χ4v) is 1.90. The Morgan fingerprint density at radius 1 is 1.32 bits per heavy atom. The van der Waals surface area contributed by atoms with Crippen molar-refractivity contribution in [2.75, 3.05) is 0 Å². The van der Waals surface area contributed by atoms with E-state index in [0.717, 1.165) is 22.9 Å². The molecule has 0 saturated heterocycles. The van der Waals surface area contributed by atoms with Crippen LogP contribution in [0.15, 0.2) is 29.1 Å². The van der Waals surface area contributed by atoms with Gasteiger partial charge in [0, 0.05) is 11.9 Å². The SMILES string of the molecule is CCCC(=O)OCc1cc2ccc(C)cc2[nH]c1=O. The molecule has 1 aromatic carbocycles.